The van der Waals surface area contributed by atoms with Gasteiger partial charge in [-0.1, -0.05) is 34.1 Å². The standard InChI is InChI=1S/C14H28N2/c1-13(2)12(14(13,3)4)9-16-11-7-5-6-10(11)8-15/h10-12,16H,5-9,15H2,1-4H3. The van der Waals surface area contributed by atoms with Gasteiger partial charge in [0.2, 0.25) is 0 Å². The van der Waals surface area contributed by atoms with Gasteiger partial charge in [-0.3, -0.25) is 0 Å². The van der Waals surface area contributed by atoms with E-state index in [0.29, 0.717) is 16.9 Å². The number of nitrogens with one attached hydrogen (secondary N) is 1. The lowest BCUT2D eigenvalue weighted by molar-refractivity contribution is 0.385. The molecule has 2 rings (SSSR count). The Labute approximate surface area is 100 Å². The smallest absolute Gasteiger partial charge is 0.0107 e. The van der Waals surface area contributed by atoms with E-state index in [-0.39, 0.29) is 0 Å². The summed E-state index contributed by atoms with van der Waals surface area (Å²) < 4.78 is 0. The van der Waals surface area contributed by atoms with Gasteiger partial charge in [-0.25, -0.2) is 0 Å². The summed E-state index contributed by atoms with van der Waals surface area (Å²) in [6, 6.07) is 0.692. The minimum Gasteiger partial charge on any atom is -0.330 e. The summed E-state index contributed by atoms with van der Waals surface area (Å²) in [7, 11) is 0. The third-order valence-electron chi connectivity index (χ3n) is 5.87. The summed E-state index contributed by atoms with van der Waals surface area (Å²) in [5.74, 6) is 1.56. The van der Waals surface area contributed by atoms with Crippen LogP contribution < -0.4 is 11.1 Å². The van der Waals surface area contributed by atoms with Crippen molar-refractivity contribution in [3.05, 3.63) is 0 Å². The van der Waals surface area contributed by atoms with E-state index in [1.165, 1.54) is 25.8 Å². The molecule has 0 spiro atoms. The van der Waals surface area contributed by atoms with Gasteiger partial charge in [0.1, 0.15) is 0 Å². The molecule has 0 aromatic rings. The Balaban J connectivity index is 1.81. The maximum Gasteiger partial charge on any atom is 0.0107 e. The Kier molecular flexibility index (Phi) is 3.09. The quantitative estimate of drug-likeness (QED) is 0.769. The fourth-order valence-corrected chi connectivity index (χ4v) is 3.70. The van der Waals surface area contributed by atoms with Gasteiger partial charge in [-0.2, -0.15) is 0 Å². The van der Waals surface area contributed by atoms with Crippen molar-refractivity contribution >= 4 is 0 Å². The SMILES string of the molecule is CC1(C)C(CNC2CCCC2CN)C1(C)C. The first kappa shape index (κ1) is 12.4. The number of rotatable bonds is 4. The van der Waals surface area contributed by atoms with Crippen molar-refractivity contribution < 1.29 is 0 Å². The zero-order valence-corrected chi connectivity index (χ0v) is 11.3. The molecule has 0 radical (unpaired) electrons. The zero-order chi connectivity index (χ0) is 12.0. The molecule has 16 heavy (non-hydrogen) atoms. The van der Waals surface area contributed by atoms with Crippen LogP contribution in [0.3, 0.4) is 0 Å². The summed E-state index contributed by atoms with van der Waals surface area (Å²) in [6.45, 7) is 11.6. The molecule has 0 saturated heterocycles. The maximum absolute atomic E-state index is 5.81. The first-order chi connectivity index (χ1) is 7.41. The lowest BCUT2D eigenvalue weighted by atomic mass is 10.0. The number of hydrogen-bond acceptors (Lipinski definition) is 2. The monoisotopic (exact) mass is 224 g/mol. The second kappa shape index (κ2) is 3.99. The molecule has 2 heteroatoms. The topological polar surface area (TPSA) is 38.0 Å². The van der Waals surface area contributed by atoms with Crippen LogP contribution in [-0.2, 0) is 0 Å². The van der Waals surface area contributed by atoms with Gasteiger partial charge in [-0.15, -0.1) is 0 Å². The van der Waals surface area contributed by atoms with Crippen LogP contribution in [0.15, 0.2) is 0 Å². The minimum atomic E-state index is 0.511. The van der Waals surface area contributed by atoms with Gasteiger partial charge in [0, 0.05) is 6.04 Å². The van der Waals surface area contributed by atoms with Gasteiger partial charge < -0.3 is 11.1 Å². The molecule has 2 fully saturated rings. The molecule has 2 saturated carbocycles. The fourth-order valence-electron chi connectivity index (χ4n) is 3.70. The molecule has 2 nitrogen and oxygen atoms in total. The van der Waals surface area contributed by atoms with Crippen molar-refractivity contribution in [2.75, 3.05) is 13.1 Å². The number of hydrogen-bond donors (Lipinski definition) is 2. The third-order valence-corrected chi connectivity index (χ3v) is 5.87. The summed E-state index contributed by atoms with van der Waals surface area (Å²) in [4.78, 5) is 0. The molecule has 0 heterocycles. The van der Waals surface area contributed by atoms with Gasteiger partial charge in [0.05, 0.1) is 0 Å². The lowest BCUT2D eigenvalue weighted by Gasteiger charge is -2.20. The molecule has 0 aromatic heterocycles. The van der Waals surface area contributed by atoms with Crippen LogP contribution in [0.4, 0.5) is 0 Å². The Hall–Kier alpha value is -0.0800. The second-order valence-electron chi connectivity index (χ2n) is 6.94. The fraction of sp³-hybridized carbons (Fsp3) is 1.00. The normalized spacial score (nSPS) is 36.6. The van der Waals surface area contributed by atoms with Gasteiger partial charge in [-0.05, 0) is 48.6 Å². The molecule has 94 valence electrons. The average Bonchev–Trinajstić information content (AvgIpc) is 2.59. The van der Waals surface area contributed by atoms with E-state index in [9.17, 15) is 0 Å². The molecule has 2 unspecified atom stereocenters. The van der Waals surface area contributed by atoms with Crippen molar-refractivity contribution in [3.8, 4) is 0 Å². The highest BCUT2D eigenvalue weighted by Crippen LogP contribution is 2.68. The van der Waals surface area contributed by atoms with Crippen molar-refractivity contribution in [2.24, 2.45) is 28.4 Å². The Morgan fingerprint density at radius 1 is 1.12 bits per heavy atom. The highest BCUT2D eigenvalue weighted by Gasteiger charge is 2.63. The number of nitrogens with two attached hydrogens (primary N) is 1. The summed E-state index contributed by atoms with van der Waals surface area (Å²) >= 11 is 0. The van der Waals surface area contributed by atoms with E-state index >= 15 is 0 Å². The Bertz CT molecular complexity index is 243. The first-order valence-electron chi connectivity index (χ1n) is 6.84. The second-order valence-corrected chi connectivity index (χ2v) is 6.94. The Morgan fingerprint density at radius 2 is 1.75 bits per heavy atom. The predicted octanol–water partition coefficient (Wildman–Crippen LogP) is 2.39. The van der Waals surface area contributed by atoms with E-state index in [0.717, 1.165) is 18.4 Å². The molecular formula is C14H28N2. The molecule has 2 atom stereocenters. The highest BCUT2D eigenvalue weighted by atomic mass is 15.0. The van der Waals surface area contributed by atoms with Crippen LogP contribution in [0.2, 0.25) is 0 Å². The van der Waals surface area contributed by atoms with E-state index in [2.05, 4.69) is 33.0 Å². The van der Waals surface area contributed by atoms with Crippen LogP contribution >= 0.6 is 0 Å². The lowest BCUT2D eigenvalue weighted by Crippen LogP contribution is -2.37. The molecular weight excluding hydrogens is 196 g/mol. The largest absolute Gasteiger partial charge is 0.330 e. The van der Waals surface area contributed by atoms with Crippen LogP contribution in [0.25, 0.3) is 0 Å². The highest BCUT2D eigenvalue weighted by molar-refractivity contribution is 5.13. The molecule has 3 N–H and O–H groups in total. The van der Waals surface area contributed by atoms with Crippen molar-refractivity contribution in [2.45, 2.75) is 53.0 Å². The molecule has 0 aliphatic heterocycles. The maximum atomic E-state index is 5.81. The Morgan fingerprint density at radius 3 is 2.25 bits per heavy atom. The minimum absolute atomic E-state index is 0.511. The van der Waals surface area contributed by atoms with Gasteiger partial charge >= 0.3 is 0 Å². The molecule has 2 aliphatic carbocycles. The van der Waals surface area contributed by atoms with Crippen molar-refractivity contribution in [1.82, 2.24) is 5.32 Å². The van der Waals surface area contributed by atoms with E-state index in [1.807, 2.05) is 0 Å². The molecule has 2 aliphatic rings. The van der Waals surface area contributed by atoms with E-state index < -0.39 is 0 Å². The van der Waals surface area contributed by atoms with E-state index in [1.54, 1.807) is 0 Å². The van der Waals surface area contributed by atoms with Gasteiger partial charge in [0.25, 0.3) is 0 Å². The third kappa shape index (κ3) is 1.80. The average molecular weight is 224 g/mol. The van der Waals surface area contributed by atoms with Gasteiger partial charge in [0.15, 0.2) is 0 Å². The molecule has 0 bridgehead atoms. The first-order valence-corrected chi connectivity index (χ1v) is 6.84. The molecule has 0 amide bonds. The van der Waals surface area contributed by atoms with Crippen LogP contribution in [0.1, 0.15) is 47.0 Å². The summed E-state index contributed by atoms with van der Waals surface area (Å²) in [5, 5.41) is 3.78. The van der Waals surface area contributed by atoms with Crippen LogP contribution in [-0.4, -0.2) is 19.1 Å². The van der Waals surface area contributed by atoms with Crippen molar-refractivity contribution in [3.63, 3.8) is 0 Å². The summed E-state index contributed by atoms with van der Waals surface area (Å²) in [6.07, 6.45) is 4.01. The van der Waals surface area contributed by atoms with Crippen LogP contribution in [0.5, 0.6) is 0 Å². The zero-order valence-electron chi connectivity index (χ0n) is 11.3. The van der Waals surface area contributed by atoms with Crippen molar-refractivity contribution in [1.29, 1.82) is 0 Å². The summed E-state index contributed by atoms with van der Waals surface area (Å²) in [5.41, 5.74) is 6.83. The van der Waals surface area contributed by atoms with E-state index in [4.69, 9.17) is 5.73 Å². The molecule has 0 aromatic carbocycles. The van der Waals surface area contributed by atoms with Crippen LogP contribution in [0, 0.1) is 22.7 Å². The predicted molar refractivity (Wildman–Crippen MR) is 69.2 cm³/mol.